The molecule has 1 rings (SSSR count). The van der Waals surface area contributed by atoms with Crippen LogP contribution in [-0.4, -0.2) is 19.0 Å². The van der Waals surface area contributed by atoms with Crippen LogP contribution in [0.2, 0.25) is 0 Å². The third-order valence-corrected chi connectivity index (χ3v) is 5.87. The maximum Gasteiger partial charge on any atom is 0.239 e. The van der Waals surface area contributed by atoms with E-state index >= 15 is 0 Å². The molecule has 0 aromatic heterocycles. The number of anilines is 1. The van der Waals surface area contributed by atoms with E-state index in [9.17, 15) is 4.79 Å². The quantitative estimate of drug-likeness (QED) is 0.226. The van der Waals surface area contributed by atoms with Crippen LogP contribution in [0.3, 0.4) is 0 Å². The van der Waals surface area contributed by atoms with E-state index in [4.69, 9.17) is 0 Å². The van der Waals surface area contributed by atoms with Crippen LogP contribution in [0.1, 0.15) is 122 Å². The second-order valence-electron chi connectivity index (χ2n) is 9.04. The molecule has 0 aliphatic carbocycles. The van der Waals surface area contributed by atoms with E-state index in [2.05, 4.69) is 49.6 Å². The molecule has 0 fully saturated rings. The number of para-hydroxylation sites is 1. The number of rotatable bonds is 19. The first kappa shape index (κ1) is 26.5. The van der Waals surface area contributed by atoms with E-state index in [0.717, 1.165) is 18.7 Å². The fourth-order valence-corrected chi connectivity index (χ4v) is 3.95. The van der Waals surface area contributed by atoms with Crippen molar-refractivity contribution in [2.75, 3.05) is 18.4 Å². The number of carbonyl (C=O) groups excluding carboxylic acids is 1. The molecular formula is C27H48N2O. The van der Waals surface area contributed by atoms with E-state index in [1.54, 1.807) is 0 Å². The number of nitrogens with one attached hydrogen (secondary N) is 2. The summed E-state index contributed by atoms with van der Waals surface area (Å²) in [5, 5.41) is 6.33. The molecule has 30 heavy (non-hydrogen) atoms. The zero-order valence-electron chi connectivity index (χ0n) is 20.1. The highest BCUT2D eigenvalue weighted by Crippen LogP contribution is 2.23. The van der Waals surface area contributed by atoms with Gasteiger partial charge >= 0.3 is 0 Å². The van der Waals surface area contributed by atoms with Crippen molar-refractivity contribution in [3.05, 3.63) is 29.8 Å². The van der Waals surface area contributed by atoms with E-state index < -0.39 is 0 Å². The Labute approximate surface area is 186 Å². The third-order valence-electron chi connectivity index (χ3n) is 5.87. The summed E-state index contributed by atoms with van der Waals surface area (Å²) in [4.78, 5) is 12.1. The molecule has 0 aliphatic rings. The SMILES string of the molecule is CCCCCCCCCCCCCCCCNC(=O)CNc1ccccc1C(C)C. The molecule has 0 bridgehead atoms. The van der Waals surface area contributed by atoms with Gasteiger partial charge in [0.1, 0.15) is 0 Å². The molecule has 0 atom stereocenters. The number of hydrogen-bond donors (Lipinski definition) is 2. The van der Waals surface area contributed by atoms with Crippen LogP contribution in [0, 0.1) is 0 Å². The van der Waals surface area contributed by atoms with Crippen molar-refractivity contribution in [1.29, 1.82) is 0 Å². The summed E-state index contributed by atoms with van der Waals surface area (Å²) in [6.45, 7) is 7.78. The van der Waals surface area contributed by atoms with E-state index in [1.807, 2.05) is 6.07 Å². The van der Waals surface area contributed by atoms with Gasteiger partial charge in [-0.1, -0.05) is 122 Å². The fraction of sp³-hybridized carbons (Fsp3) is 0.741. The summed E-state index contributed by atoms with van der Waals surface area (Å²) in [5.41, 5.74) is 2.33. The van der Waals surface area contributed by atoms with Crippen LogP contribution >= 0.6 is 0 Å². The van der Waals surface area contributed by atoms with Crippen LogP contribution < -0.4 is 10.6 Å². The third kappa shape index (κ3) is 13.7. The summed E-state index contributed by atoms with van der Waals surface area (Å²) in [6.07, 6.45) is 19.1. The molecule has 3 nitrogen and oxygen atoms in total. The monoisotopic (exact) mass is 416 g/mol. The Kier molecular flexibility index (Phi) is 16.2. The number of unbranched alkanes of at least 4 members (excludes halogenated alkanes) is 13. The van der Waals surface area contributed by atoms with Crippen molar-refractivity contribution in [2.45, 2.75) is 117 Å². The predicted octanol–water partition coefficient (Wildman–Crippen LogP) is 7.82. The van der Waals surface area contributed by atoms with Crippen molar-refractivity contribution < 1.29 is 4.79 Å². The lowest BCUT2D eigenvalue weighted by Crippen LogP contribution is -2.30. The van der Waals surface area contributed by atoms with Gasteiger partial charge in [0.15, 0.2) is 0 Å². The van der Waals surface area contributed by atoms with Gasteiger partial charge in [0.2, 0.25) is 5.91 Å². The molecule has 0 saturated heterocycles. The van der Waals surface area contributed by atoms with E-state index in [-0.39, 0.29) is 5.91 Å². The molecule has 0 saturated carbocycles. The first-order valence-corrected chi connectivity index (χ1v) is 12.7. The summed E-state index contributed by atoms with van der Waals surface area (Å²) in [7, 11) is 0. The minimum absolute atomic E-state index is 0.0863. The summed E-state index contributed by atoms with van der Waals surface area (Å²) in [5.74, 6) is 0.538. The molecule has 1 aromatic carbocycles. The Morgan fingerprint density at radius 2 is 1.27 bits per heavy atom. The van der Waals surface area contributed by atoms with Gasteiger partial charge in [0.05, 0.1) is 6.54 Å². The lowest BCUT2D eigenvalue weighted by atomic mass is 10.0. The van der Waals surface area contributed by atoms with Crippen LogP contribution in [0.15, 0.2) is 24.3 Å². The van der Waals surface area contributed by atoms with Crippen LogP contribution in [0.4, 0.5) is 5.69 Å². The van der Waals surface area contributed by atoms with Crippen molar-refractivity contribution in [3.8, 4) is 0 Å². The molecule has 0 spiro atoms. The van der Waals surface area contributed by atoms with Crippen molar-refractivity contribution in [1.82, 2.24) is 5.32 Å². The van der Waals surface area contributed by atoms with Crippen molar-refractivity contribution in [3.63, 3.8) is 0 Å². The molecule has 0 aliphatic heterocycles. The summed E-state index contributed by atoms with van der Waals surface area (Å²) in [6, 6.07) is 8.24. The highest BCUT2D eigenvalue weighted by atomic mass is 16.1. The molecule has 1 aromatic rings. The van der Waals surface area contributed by atoms with Crippen molar-refractivity contribution >= 4 is 11.6 Å². The number of benzene rings is 1. The second-order valence-corrected chi connectivity index (χ2v) is 9.04. The number of hydrogen-bond acceptors (Lipinski definition) is 2. The van der Waals surface area contributed by atoms with Gasteiger partial charge in [0, 0.05) is 12.2 Å². The molecule has 0 radical (unpaired) electrons. The maximum atomic E-state index is 12.1. The molecule has 172 valence electrons. The highest BCUT2D eigenvalue weighted by Gasteiger charge is 2.07. The standard InChI is InChI=1S/C27H48N2O/c1-4-5-6-7-8-9-10-11-12-13-14-15-16-19-22-28-27(30)23-29-26-21-18-17-20-25(26)24(2)3/h17-18,20-21,24,29H,4-16,19,22-23H2,1-3H3,(H,28,30). The van der Waals surface area contributed by atoms with Crippen LogP contribution in [-0.2, 0) is 4.79 Å². The minimum Gasteiger partial charge on any atom is -0.376 e. The fourth-order valence-electron chi connectivity index (χ4n) is 3.95. The molecule has 0 unspecified atom stereocenters. The average Bonchev–Trinajstić information content (AvgIpc) is 2.75. The average molecular weight is 417 g/mol. The summed E-state index contributed by atoms with van der Waals surface area (Å²) < 4.78 is 0. The van der Waals surface area contributed by atoms with E-state index in [0.29, 0.717) is 12.5 Å². The number of amides is 1. The predicted molar refractivity (Wildman–Crippen MR) is 132 cm³/mol. The Morgan fingerprint density at radius 3 is 1.80 bits per heavy atom. The van der Waals surface area contributed by atoms with Gasteiger partial charge in [-0.05, 0) is 24.0 Å². The molecule has 3 heteroatoms. The zero-order valence-corrected chi connectivity index (χ0v) is 20.1. The highest BCUT2D eigenvalue weighted by molar-refractivity contribution is 5.80. The molecule has 1 amide bonds. The Hall–Kier alpha value is -1.51. The molecule has 2 N–H and O–H groups in total. The topological polar surface area (TPSA) is 41.1 Å². The van der Waals surface area contributed by atoms with Gasteiger partial charge in [-0.2, -0.15) is 0 Å². The molecule has 0 heterocycles. The number of carbonyl (C=O) groups is 1. The van der Waals surface area contributed by atoms with Crippen LogP contribution in [0.5, 0.6) is 0 Å². The zero-order chi connectivity index (χ0) is 21.9. The molecular weight excluding hydrogens is 368 g/mol. The Bertz CT molecular complexity index is 541. The minimum atomic E-state index is 0.0863. The van der Waals surface area contributed by atoms with Gasteiger partial charge in [-0.3, -0.25) is 4.79 Å². The van der Waals surface area contributed by atoms with Gasteiger partial charge in [-0.25, -0.2) is 0 Å². The second kappa shape index (κ2) is 18.3. The van der Waals surface area contributed by atoms with Crippen LogP contribution in [0.25, 0.3) is 0 Å². The van der Waals surface area contributed by atoms with E-state index in [1.165, 1.54) is 89.0 Å². The van der Waals surface area contributed by atoms with Gasteiger partial charge in [0.25, 0.3) is 0 Å². The summed E-state index contributed by atoms with van der Waals surface area (Å²) >= 11 is 0. The Morgan fingerprint density at radius 1 is 0.767 bits per heavy atom. The van der Waals surface area contributed by atoms with Gasteiger partial charge in [-0.15, -0.1) is 0 Å². The lowest BCUT2D eigenvalue weighted by Gasteiger charge is -2.14. The van der Waals surface area contributed by atoms with Gasteiger partial charge < -0.3 is 10.6 Å². The maximum absolute atomic E-state index is 12.1. The van der Waals surface area contributed by atoms with Crippen molar-refractivity contribution in [2.24, 2.45) is 0 Å². The lowest BCUT2D eigenvalue weighted by molar-refractivity contribution is -0.119. The first-order valence-electron chi connectivity index (χ1n) is 12.7. The smallest absolute Gasteiger partial charge is 0.239 e. The Balaban J connectivity index is 1.90. The first-order chi connectivity index (χ1) is 14.6. The largest absolute Gasteiger partial charge is 0.376 e. The normalized spacial score (nSPS) is 11.1.